The van der Waals surface area contributed by atoms with E-state index < -0.39 is 87.1 Å². The van der Waals surface area contributed by atoms with Crippen molar-refractivity contribution in [3.05, 3.63) is 33.4 Å². The third-order valence-corrected chi connectivity index (χ3v) is 10.3. The van der Waals surface area contributed by atoms with Crippen molar-refractivity contribution in [2.24, 2.45) is 0 Å². The van der Waals surface area contributed by atoms with Crippen molar-refractivity contribution in [3.8, 4) is 0 Å². The second-order valence-corrected chi connectivity index (χ2v) is 15.7. The first kappa shape index (κ1) is 30.8. The number of thiol groups is 2. The van der Waals surface area contributed by atoms with E-state index in [-0.39, 0.29) is 28.3 Å². The van der Waals surface area contributed by atoms with Crippen LogP contribution in [0.2, 0.25) is 0 Å². The number of aromatic amines is 2. The van der Waals surface area contributed by atoms with Crippen molar-refractivity contribution in [2.45, 2.75) is 49.2 Å². The highest BCUT2D eigenvalue weighted by Crippen LogP contribution is 2.60. The molecule has 0 amide bonds. The van der Waals surface area contributed by atoms with Crippen LogP contribution in [0, 0.1) is 0 Å². The first-order valence-corrected chi connectivity index (χ1v) is 18.1. The third-order valence-electron chi connectivity index (χ3n) is 7.08. The lowest BCUT2D eigenvalue weighted by Crippen LogP contribution is -2.33. The minimum Gasteiger partial charge on any atom is -0.369 e. The largest absolute Gasteiger partial charge is 0.386 e. The van der Waals surface area contributed by atoms with Crippen LogP contribution in [-0.4, -0.2) is 94.5 Å². The fraction of sp³-hybridized carbons (Fsp3) is 0.526. The Bertz CT molecular complexity index is 2010. The molecule has 7 rings (SSSR count). The molecular formula is C19H20F2N10O10P2S2. The number of alkyl halides is 2. The summed E-state index contributed by atoms with van der Waals surface area (Å²) in [7, 11) is 0. The number of ether oxygens (including phenoxy) is 2. The standard InChI is InChI=1S/C19H20F2N10O10P2S2/c20-7-5-1-36-42(34,44)40-11-6(39-17(8(11)21)30-4-25-9-13(30)23-3-24-15(9)32)2-37-43(35,45)41-12(7)18(38-5)31-14-10(28-29-31)16(33)27-19(22)26-14/h3-8,11-12,17-18H,1-2H2,(H,34,44)(H,35,45)(H,23,24,32)(H3,22,26,27,33)/t5-,6-,7-,8+,11-,12-,17-,18-,42?,43?/m1/s1. The lowest BCUT2D eigenvalue weighted by atomic mass is 10.1. The van der Waals surface area contributed by atoms with Crippen LogP contribution < -0.4 is 16.9 Å². The van der Waals surface area contributed by atoms with Gasteiger partial charge in [-0.1, -0.05) is 29.7 Å². The van der Waals surface area contributed by atoms with Gasteiger partial charge in [-0.3, -0.25) is 37.2 Å². The number of imidazole rings is 1. The Balaban J connectivity index is 1.21. The second kappa shape index (κ2) is 11.2. The SMILES string of the molecule is Nc1nc2c(nnn2[C@@H]2O[C@@H]3COP(=O)(S)O[C@H]4[C@H](F)[C@H](n5cnc6c(=O)[nH]cnc65)O[C@@H]4COP(=O)(S)O[C@@H]2[C@@H]3F)c(=O)[nH]1. The van der Waals surface area contributed by atoms with E-state index in [1.54, 1.807) is 0 Å². The van der Waals surface area contributed by atoms with Gasteiger partial charge in [0, 0.05) is 0 Å². The molecule has 242 valence electrons. The maximum atomic E-state index is 15.9. The van der Waals surface area contributed by atoms with Gasteiger partial charge in [-0.15, -0.1) is 5.10 Å². The highest BCUT2D eigenvalue weighted by molar-refractivity contribution is 8.44. The van der Waals surface area contributed by atoms with Crippen molar-refractivity contribution < 1.29 is 45.5 Å². The van der Waals surface area contributed by atoms with E-state index in [0.717, 1.165) is 21.9 Å². The van der Waals surface area contributed by atoms with Gasteiger partial charge < -0.3 is 20.2 Å². The Morgan fingerprint density at radius 2 is 1.60 bits per heavy atom. The quantitative estimate of drug-likeness (QED) is 0.141. The average Bonchev–Trinajstić information content (AvgIpc) is 3.72. The van der Waals surface area contributed by atoms with Crippen LogP contribution in [0.3, 0.4) is 0 Å². The van der Waals surface area contributed by atoms with E-state index in [1.807, 2.05) is 0 Å². The fourth-order valence-electron chi connectivity index (χ4n) is 5.10. The van der Waals surface area contributed by atoms with E-state index >= 15 is 8.78 Å². The lowest BCUT2D eigenvalue weighted by molar-refractivity contribution is -0.0605. The molecule has 45 heavy (non-hydrogen) atoms. The monoisotopic (exact) mass is 712 g/mol. The number of nitrogens with two attached hydrogens (primary N) is 1. The molecule has 0 saturated carbocycles. The van der Waals surface area contributed by atoms with E-state index in [1.165, 1.54) is 0 Å². The zero-order valence-electron chi connectivity index (χ0n) is 22.0. The summed E-state index contributed by atoms with van der Waals surface area (Å²) in [4.78, 5) is 40.8. The van der Waals surface area contributed by atoms with E-state index in [4.69, 9.17) is 33.3 Å². The average molecular weight is 713 g/mol. The summed E-state index contributed by atoms with van der Waals surface area (Å²) >= 11 is 7.87. The molecule has 10 atom stereocenters. The number of nitrogen functional groups attached to an aromatic ring is 1. The Morgan fingerprint density at radius 3 is 2.36 bits per heavy atom. The number of hydrogen-bond acceptors (Lipinski definition) is 16. The molecule has 4 aromatic rings. The topological polar surface area (TPSA) is 256 Å². The van der Waals surface area contributed by atoms with Crippen LogP contribution >= 0.6 is 38.1 Å². The van der Waals surface area contributed by atoms with Gasteiger partial charge in [0.15, 0.2) is 47.1 Å². The van der Waals surface area contributed by atoms with Gasteiger partial charge in [-0.2, -0.15) is 9.67 Å². The number of hydrogen-bond donors (Lipinski definition) is 5. The molecule has 3 aliphatic heterocycles. The van der Waals surface area contributed by atoms with Crippen molar-refractivity contribution in [2.75, 3.05) is 18.9 Å². The number of aromatic nitrogens is 9. The normalized spacial score (nSPS) is 37.7. The first-order chi connectivity index (χ1) is 21.3. The summed E-state index contributed by atoms with van der Waals surface area (Å²) in [6, 6.07) is 0. The van der Waals surface area contributed by atoms with Crippen molar-refractivity contribution in [1.29, 1.82) is 0 Å². The van der Waals surface area contributed by atoms with Crippen molar-refractivity contribution in [3.63, 3.8) is 0 Å². The Labute approximate surface area is 257 Å². The molecule has 0 spiro atoms. The maximum absolute atomic E-state index is 15.9. The summed E-state index contributed by atoms with van der Waals surface area (Å²) in [6.07, 6.45) is -11.8. The van der Waals surface area contributed by atoms with Gasteiger partial charge in [-0.25, -0.2) is 27.9 Å². The molecule has 0 aliphatic carbocycles. The zero-order chi connectivity index (χ0) is 31.8. The summed E-state index contributed by atoms with van der Waals surface area (Å²) in [5.41, 5.74) is 3.62. The molecular weight excluding hydrogens is 692 g/mol. The van der Waals surface area contributed by atoms with Crippen LogP contribution in [-0.2, 0) is 36.7 Å². The lowest BCUT2D eigenvalue weighted by Gasteiger charge is -2.25. The highest BCUT2D eigenvalue weighted by atomic mass is 32.7. The molecule has 3 fully saturated rings. The number of nitrogens with one attached hydrogen (secondary N) is 2. The van der Waals surface area contributed by atoms with Crippen molar-refractivity contribution in [1.82, 2.24) is 44.5 Å². The van der Waals surface area contributed by atoms with E-state index in [9.17, 15) is 18.7 Å². The summed E-state index contributed by atoms with van der Waals surface area (Å²) < 4.78 is 93.3. The number of rotatable bonds is 2. The molecule has 3 saturated heterocycles. The predicted molar refractivity (Wildman–Crippen MR) is 151 cm³/mol. The maximum Gasteiger partial charge on any atom is 0.386 e. The fourth-order valence-corrected chi connectivity index (χ4v) is 8.03. The second-order valence-electron chi connectivity index (χ2n) is 9.90. The summed E-state index contributed by atoms with van der Waals surface area (Å²) in [5, 5.41) is 7.50. The van der Waals surface area contributed by atoms with Crippen LogP contribution in [0.25, 0.3) is 22.3 Å². The number of nitrogens with zero attached hydrogens (tertiary/aromatic N) is 7. The number of halogens is 2. The molecule has 4 N–H and O–H groups in total. The summed E-state index contributed by atoms with van der Waals surface area (Å²) in [5.74, 6) is -0.316. The number of anilines is 1. The van der Waals surface area contributed by atoms with Gasteiger partial charge in [0.05, 0.1) is 25.9 Å². The smallest absolute Gasteiger partial charge is 0.369 e. The van der Waals surface area contributed by atoms with E-state index in [2.05, 4.69) is 59.7 Å². The molecule has 7 heterocycles. The molecule has 0 aromatic carbocycles. The summed E-state index contributed by atoms with van der Waals surface area (Å²) in [6.45, 7) is -10.6. The minimum atomic E-state index is -4.55. The Kier molecular flexibility index (Phi) is 7.66. The minimum absolute atomic E-state index is 0.0396. The molecule has 2 bridgehead atoms. The van der Waals surface area contributed by atoms with Gasteiger partial charge in [0.25, 0.3) is 11.1 Å². The molecule has 3 aliphatic rings. The van der Waals surface area contributed by atoms with Gasteiger partial charge in [-0.05, 0) is 0 Å². The van der Waals surface area contributed by atoms with Crippen LogP contribution in [0.5, 0.6) is 0 Å². The van der Waals surface area contributed by atoms with Crippen molar-refractivity contribution >= 4 is 66.4 Å². The predicted octanol–water partition coefficient (Wildman–Crippen LogP) is 0.594. The van der Waals surface area contributed by atoms with Gasteiger partial charge in [0.2, 0.25) is 5.95 Å². The first-order valence-electron chi connectivity index (χ1n) is 12.7. The van der Waals surface area contributed by atoms with E-state index in [0.29, 0.717) is 0 Å². The highest BCUT2D eigenvalue weighted by Gasteiger charge is 2.54. The molecule has 4 aromatic heterocycles. The molecule has 0 radical (unpaired) electrons. The molecule has 26 heteroatoms. The van der Waals surface area contributed by atoms with Gasteiger partial charge in [0.1, 0.15) is 24.4 Å². The zero-order valence-corrected chi connectivity index (χ0v) is 25.6. The molecule has 20 nitrogen and oxygen atoms in total. The Hall–Kier alpha value is -2.79. The van der Waals surface area contributed by atoms with Gasteiger partial charge >= 0.3 is 13.6 Å². The van der Waals surface area contributed by atoms with Crippen LogP contribution in [0.4, 0.5) is 14.7 Å². The van der Waals surface area contributed by atoms with Crippen LogP contribution in [0.15, 0.2) is 22.2 Å². The Morgan fingerprint density at radius 1 is 0.911 bits per heavy atom. The van der Waals surface area contributed by atoms with Crippen LogP contribution in [0.1, 0.15) is 12.5 Å². The number of fused-ring (bicyclic) bond motifs is 5. The molecule has 2 unspecified atom stereocenters. The number of H-pyrrole nitrogens is 2. The third kappa shape index (κ3) is 5.51.